The number of anilines is 1. The van der Waals surface area contributed by atoms with Gasteiger partial charge in [0.15, 0.2) is 0 Å². The van der Waals surface area contributed by atoms with E-state index >= 15 is 0 Å². The van der Waals surface area contributed by atoms with Gasteiger partial charge >= 0.3 is 6.18 Å². The van der Waals surface area contributed by atoms with Crippen LogP contribution in [0.3, 0.4) is 0 Å². The van der Waals surface area contributed by atoms with Gasteiger partial charge in [0.2, 0.25) is 15.4 Å². The Labute approximate surface area is 152 Å². The van der Waals surface area contributed by atoms with Crippen molar-refractivity contribution in [1.82, 2.24) is 0 Å². The van der Waals surface area contributed by atoms with E-state index in [0.717, 1.165) is 24.3 Å². The Morgan fingerprint density at radius 3 is 2.15 bits per heavy atom. The van der Waals surface area contributed by atoms with Crippen LogP contribution in [0.5, 0.6) is 0 Å². The molecule has 0 aromatic heterocycles. The molecule has 0 saturated carbocycles. The van der Waals surface area contributed by atoms with E-state index < -0.39 is 27.5 Å². The average molecular weight is 408 g/mol. The summed E-state index contributed by atoms with van der Waals surface area (Å²) in [6.07, 6.45) is -5.16. The monoisotopic (exact) mass is 407 g/mol. The Kier molecular flexibility index (Phi) is 5.36. The van der Waals surface area contributed by atoms with E-state index in [2.05, 4.69) is 0 Å². The molecule has 10 heteroatoms. The number of hydrogen-bond donors (Lipinski definition) is 2. The number of rotatable bonds is 4. The fraction of sp³-hybridized carbons (Fsp3) is 0.188. The van der Waals surface area contributed by atoms with E-state index in [9.17, 15) is 31.5 Å². The molecule has 0 radical (unpaired) electrons. The number of carbonyl (C=O) groups excluding carboxylic acids is 1. The van der Waals surface area contributed by atoms with Crippen LogP contribution in [0.1, 0.15) is 6.92 Å². The van der Waals surface area contributed by atoms with Crippen LogP contribution in [0.15, 0.2) is 58.3 Å². The number of carbonyl (C=O) groups is 1. The summed E-state index contributed by atoms with van der Waals surface area (Å²) >= 11 is 5.77. The summed E-state index contributed by atoms with van der Waals surface area (Å²) in [5.41, 5.74) is -3.69. The zero-order valence-corrected chi connectivity index (χ0v) is 14.8. The highest BCUT2D eigenvalue weighted by molar-refractivity contribution is 7.91. The van der Waals surface area contributed by atoms with E-state index in [0.29, 0.717) is 6.92 Å². The molecule has 0 bridgehead atoms. The molecule has 0 aliphatic rings. The maximum absolute atomic E-state index is 12.6. The van der Waals surface area contributed by atoms with Crippen LogP contribution >= 0.6 is 11.6 Å². The van der Waals surface area contributed by atoms with Crippen LogP contribution in [0.25, 0.3) is 0 Å². The van der Waals surface area contributed by atoms with E-state index in [1.54, 1.807) is 0 Å². The summed E-state index contributed by atoms with van der Waals surface area (Å²) in [5.74, 6) is -1.68. The number of nitrogens with one attached hydrogen (secondary N) is 1. The number of benzene rings is 2. The molecule has 2 rings (SSSR count). The molecule has 0 fully saturated rings. The first-order valence-electron chi connectivity index (χ1n) is 7.07. The fourth-order valence-electron chi connectivity index (χ4n) is 1.87. The van der Waals surface area contributed by atoms with Gasteiger partial charge in [0.05, 0.1) is 9.79 Å². The van der Waals surface area contributed by atoms with E-state index in [1.165, 1.54) is 24.3 Å². The number of sulfone groups is 1. The standard InChI is InChI=1S/C16H13ClF3NO4S/c1-15(23,16(18,19)20)14(22)21-11-5-7-12(8-6-11)26(24,25)13-4-2-3-10(17)9-13/h2-9,23H,1H3,(H,21,22). The lowest BCUT2D eigenvalue weighted by Gasteiger charge is -2.24. The number of hydrogen-bond acceptors (Lipinski definition) is 4. The predicted molar refractivity (Wildman–Crippen MR) is 88.7 cm³/mol. The van der Waals surface area contributed by atoms with Crippen molar-refractivity contribution in [2.45, 2.75) is 28.5 Å². The van der Waals surface area contributed by atoms with Crippen molar-refractivity contribution in [2.24, 2.45) is 0 Å². The van der Waals surface area contributed by atoms with Crippen molar-refractivity contribution in [3.8, 4) is 0 Å². The molecular formula is C16H13ClF3NO4S. The summed E-state index contributed by atoms with van der Waals surface area (Å²) in [4.78, 5) is 11.4. The van der Waals surface area contributed by atoms with Crippen molar-refractivity contribution >= 4 is 33.0 Å². The van der Waals surface area contributed by atoms with Gasteiger partial charge in [-0.3, -0.25) is 4.79 Å². The normalized spacial score (nSPS) is 14.5. The van der Waals surface area contributed by atoms with Gasteiger partial charge in [-0.2, -0.15) is 13.2 Å². The zero-order chi connectivity index (χ0) is 19.8. The lowest BCUT2D eigenvalue weighted by molar-refractivity contribution is -0.242. The SMILES string of the molecule is CC(O)(C(=O)Nc1ccc(S(=O)(=O)c2cccc(Cl)c2)cc1)C(F)(F)F. The minimum Gasteiger partial charge on any atom is -0.373 e. The zero-order valence-electron chi connectivity index (χ0n) is 13.2. The molecule has 0 saturated heterocycles. The Bertz CT molecular complexity index is 925. The molecule has 2 aromatic carbocycles. The number of aliphatic hydroxyl groups is 1. The number of alkyl halides is 3. The molecule has 2 aromatic rings. The first-order valence-corrected chi connectivity index (χ1v) is 8.93. The van der Waals surface area contributed by atoms with Crippen molar-refractivity contribution in [3.05, 3.63) is 53.6 Å². The molecule has 2 N–H and O–H groups in total. The molecule has 0 aliphatic heterocycles. The molecule has 26 heavy (non-hydrogen) atoms. The topological polar surface area (TPSA) is 83.5 Å². The fourth-order valence-corrected chi connectivity index (χ4v) is 3.43. The summed E-state index contributed by atoms with van der Waals surface area (Å²) in [7, 11) is -3.88. The van der Waals surface area contributed by atoms with E-state index in [1.807, 2.05) is 5.32 Å². The third-order valence-electron chi connectivity index (χ3n) is 3.52. The molecule has 140 valence electrons. The van der Waals surface area contributed by atoms with Gasteiger partial charge in [0.25, 0.3) is 5.91 Å². The third-order valence-corrected chi connectivity index (χ3v) is 5.53. The van der Waals surface area contributed by atoms with Gasteiger partial charge in [0.1, 0.15) is 0 Å². The largest absolute Gasteiger partial charge is 0.426 e. The summed E-state index contributed by atoms with van der Waals surface area (Å²) < 4.78 is 62.8. The van der Waals surface area contributed by atoms with Gasteiger partial charge in [-0.05, 0) is 49.4 Å². The lowest BCUT2D eigenvalue weighted by atomic mass is 10.1. The molecule has 1 amide bonds. The molecule has 1 atom stereocenters. The highest BCUT2D eigenvalue weighted by Gasteiger charge is 2.55. The maximum atomic E-state index is 12.6. The van der Waals surface area contributed by atoms with Gasteiger partial charge in [-0.25, -0.2) is 8.42 Å². The van der Waals surface area contributed by atoms with Crippen LogP contribution in [0, 0.1) is 0 Å². The summed E-state index contributed by atoms with van der Waals surface area (Å²) in [6.45, 7) is 0.320. The quantitative estimate of drug-likeness (QED) is 0.813. The molecule has 0 aliphatic carbocycles. The minimum absolute atomic E-state index is 0.0539. The second-order valence-corrected chi connectivity index (χ2v) is 7.90. The van der Waals surface area contributed by atoms with Crippen LogP contribution in [-0.4, -0.2) is 31.2 Å². The lowest BCUT2D eigenvalue weighted by Crippen LogP contribution is -2.52. The Balaban J connectivity index is 2.25. The van der Waals surface area contributed by atoms with Crippen molar-refractivity contribution in [1.29, 1.82) is 0 Å². The highest BCUT2D eigenvalue weighted by Crippen LogP contribution is 2.31. The first-order chi connectivity index (χ1) is 11.9. The smallest absolute Gasteiger partial charge is 0.373 e. The van der Waals surface area contributed by atoms with Crippen molar-refractivity contribution in [3.63, 3.8) is 0 Å². The Morgan fingerprint density at radius 2 is 1.65 bits per heavy atom. The number of halogens is 4. The average Bonchev–Trinajstić information content (AvgIpc) is 2.54. The highest BCUT2D eigenvalue weighted by atomic mass is 35.5. The van der Waals surface area contributed by atoms with Crippen LogP contribution in [0.4, 0.5) is 18.9 Å². The molecule has 1 unspecified atom stereocenters. The molecule has 5 nitrogen and oxygen atoms in total. The number of amides is 1. The summed E-state index contributed by atoms with van der Waals surface area (Å²) in [5, 5.41) is 11.4. The first kappa shape index (κ1) is 20.2. The summed E-state index contributed by atoms with van der Waals surface area (Å²) in [6, 6.07) is 10.0. The third kappa shape index (κ3) is 4.00. The van der Waals surface area contributed by atoms with Gasteiger partial charge in [-0.1, -0.05) is 17.7 Å². The van der Waals surface area contributed by atoms with Crippen LogP contribution in [0.2, 0.25) is 5.02 Å². The van der Waals surface area contributed by atoms with E-state index in [-0.39, 0.29) is 20.5 Å². The minimum atomic E-state index is -5.16. The second-order valence-electron chi connectivity index (χ2n) is 5.51. The molecule has 0 heterocycles. The predicted octanol–water partition coefficient (Wildman–Crippen LogP) is 3.42. The maximum Gasteiger partial charge on any atom is 0.426 e. The van der Waals surface area contributed by atoms with Gasteiger partial charge < -0.3 is 10.4 Å². The van der Waals surface area contributed by atoms with Crippen LogP contribution < -0.4 is 5.32 Å². The Hall–Kier alpha value is -2.10. The van der Waals surface area contributed by atoms with Crippen molar-refractivity contribution < 1.29 is 31.5 Å². The second kappa shape index (κ2) is 6.90. The molecular weight excluding hydrogens is 395 g/mol. The van der Waals surface area contributed by atoms with Crippen molar-refractivity contribution in [2.75, 3.05) is 5.32 Å². The van der Waals surface area contributed by atoms with Gasteiger partial charge in [-0.15, -0.1) is 0 Å². The van der Waals surface area contributed by atoms with E-state index in [4.69, 9.17) is 11.6 Å². The van der Waals surface area contributed by atoms with Gasteiger partial charge in [0, 0.05) is 10.7 Å². The Morgan fingerprint density at radius 1 is 1.08 bits per heavy atom. The molecule has 0 spiro atoms. The van der Waals surface area contributed by atoms with Crippen LogP contribution in [-0.2, 0) is 14.6 Å².